The van der Waals surface area contributed by atoms with Gasteiger partial charge < -0.3 is 9.80 Å². The Balaban J connectivity index is 1.57. The minimum atomic E-state index is -3.06. The van der Waals surface area contributed by atoms with Gasteiger partial charge in [-0.25, -0.2) is 8.42 Å². The molecule has 0 N–H and O–H groups in total. The molecular formula is C19H31N3O2S. The fraction of sp³-hybridized carbons (Fsp3) is 0.684. The number of hydrogen-bond donors (Lipinski definition) is 0. The summed E-state index contributed by atoms with van der Waals surface area (Å²) in [6.45, 7) is 9.26. The number of hydrogen-bond acceptors (Lipinski definition) is 4. The Labute approximate surface area is 152 Å². The number of sulfonamides is 1. The maximum Gasteiger partial charge on any atom is 0.214 e. The number of rotatable bonds is 5. The molecule has 0 aliphatic carbocycles. The maximum atomic E-state index is 12.2. The average Bonchev–Trinajstić information content (AvgIpc) is 2.63. The Hall–Kier alpha value is -1.27. The van der Waals surface area contributed by atoms with Crippen molar-refractivity contribution in [1.29, 1.82) is 0 Å². The molecule has 2 fully saturated rings. The van der Waals surface area contributed by atoms with Crippen molar-refractivity contribution < 1.29 is 8.42 Å². The predicted octanol–water partition coefficient (Wildman–Crippen LogP) is 2.78. The molecule has 140 valence electrons. The summed E-state index contributed by atoms with van der Waals surface area (Å²) in [4.78, 5) is 4.76. The Kier molecular flexibility index (Phi) is 5.89. The molecule has 2 saturated heterocycles. The van der Waals surface area contributed by atoms with E-state index < -0.39 is 10.0 Å². The third kappa shape index (κ3) is 4.47. The zero-order valence-electron chi connectivity index (χ0n) is 15.5. The zero-order valence-corrected chi connectivity index (χ0v) is 16.3. The monoisotopic (exact) mass is 365 g/mol. The van der Waals surface area contributed by atoms with Crippen LogP contribution >= 0.6 is 0 Å². The first-order valence-corrected chi connectivity index (χ1v) is 11.2. The van der Waals surface area contributed by atoms with Crippen molar-refractivity contribution in [1.82, 2.24) is 4.31 Å². The van der Waals surface area contributed by atoms with Crippen LogP contribution in [0.4, 0.5) is 11.4 Å². The molecule has 0 saturated carbocycles. The van der Waals surface area contributed by atoms with Gasteiger partial charge in [-0.15, -0.1) is 0 Å². The first-order valence-electron chi connectivity index (χ1n) is 9.57. The number of piperazine rings is 1. The van der Waals surface area contributed by atoms with Crippen molar-refractivity contribution in [2.45, 2.75) is 33.1 Å². The van der Waals surface area contributed by atoms with E-state index >= 15 is 0 Å². The van der Waals surface area contributed by atoms with E-state index in [-0.39, 0.29) is 5.75 Å². The van der Waals surface area contributed by atoms with E-state index in [0.717, 1.165) is 32.1 Å². The lowest BCUT2D eigenvalue weighted by molar-refractivity contribution is 0.384. The van der Waals surface area contributed by atoms with Gasteiger partial charge >= 0.3 is 0 Å². The molecule has 0 spiro atoms. The van der Waals surface area contributed by atoms with Gasteiger partial charge in [-0.2, -0.15) is 4.31 Å². The minimum absolute atomic E-state index is 0.260. The van der Waals surface area contributed by atoms with E-state index in [2.05, 4.69) is 41.0 Å². The first-order chi connectivity index (χ1) is 12.0. The van der Waals surface area contributed by atoms with E-state index in [1.807, 2.05) is 6.92 Å². The molecule has 6 heteroatoms. The summed E-state index contributed by atoms with van der Waals surface area (Å²) in [5.41, 5.74) is 2.50. The molecule has 0 amide bonds. The second-order valence-corrected chi connectivity index (χ2v) is 9.48. The zero-order chi connectivity index (χ0) is 17.9. The standard InChI is InChI=1S/C19H31N3O2S/c1-3-16-25(23,24)22-14-12-21(13-15-22)19-6-4-18(5-7-19)20-10-8-17(2)9-11-20/h4-7,17H,3,8-16H2,1-2H3. The summed E-state index contributed by atoms with van der Waals surface area (Å²) in [5.74, 6) is 1.10. The lowest BCUT2D eigenvalue weighted by Crippen LogP contribution is -2.49. The van der Waals surface area contributed by atoms with Crippen LogP contribution in [0.3, 0.4) is 0 Å². The van der Waals surface area contributed by atoms with Gasteiger partial charge in [-0.3, -0.25) is 0 Å². The number of benzene rings is 1. The van der Waals surface area contributed by atoms with Gasteiger partial charge in [-0.05, 0) is 49.4 Å². The molecule has 2 aliphatic rings. The van der Waals surface area contributed by atoms with Gasteiger partial charge in [0.25, 0.3) is 0 Å². The molecule has 2 heterocycles. The molecule has 0 aromatic heterocycles. The van der Waals surface area contributed by atoms with Gasteiger partial charge in [0, 0.05) is 50.6 Å². The van der Waals surface area contributed by atoms with Crippen LogP contribution in [-0.2, 0) is 10.0 Å². The summed E-state index contributed by atoms with van der Waals surface area (Å²) in [7, 11) is -3.06. The van der Waals surface area contributed by atoms with E-state index in [4.69, 9.17) is 0 Å². The van der Waals surface area contributed by atoms with Crippen LogP contribution < -0.4 is 9.80 Å². The van der Waals surface area contributed by atoms with Gasteiger partial charge in [-0.1, -0.05) is 13.8 Å². The topological polar surface area (TPSA) is 43.9 Å². The summed E-state index contributed by atoms with van der Waals surface area (Å²) < 4.78 is 26.0. The minimum Gasteiger partial charge on any atom is -0.372 e. The maximum absolute atomic E-state index is 12.2. The molecule has 1 aromatic carbocycles. The Morgan fingerprint density at radius 3 is 1.84 bits per heavy atom. The third-order valence-electron chi connectivity index (χ3n) is 5.46. The molecule has 2 aliphatic heterocycles. The van der Waals surface area contributed by atoms with Crippen LogP contribution in [0, 0.1) is 5.92 Å². The lowest BCUT2D eigenvalue weighted by Gasteiger charge is -2.36. The molecule has 0 unspecified atom stereocenters. The quantitative estimate of drug-likeness (QED) is 0.805. The Morgan fingerprint density at radius 2 is 1.36 bits per heavy atom. The highest BCUT2D eigenvalue weighted by Crippen LogP contribution is 2.26. The highest BCUT2D eigenvalue weighted by molar-refractivity contribution is 7.89. The molecule has 1 aromatic rings. The smallest absolute Gasteiger partial charge is 0.214 e. The van der Waals surface area contributed by atoms with Gasteiger partial charge in [0.2, 0.25) is 10.0 Å². The summed E-state index contributed by atoms with van der Waals surface area (Å²) in [6, 6.07) is 8.80. The second-order valence-electron chi connectivity index (χ2n) is 7.39. The number of piperidine rings is 1. The van der Waals surface area contributed by atoms with E-state index in [1.54, 1.807) is 4.31 Å². The van der Waals surface area contributed by atoms with Crippen LogP contribution in [0.1, 0.15) is 33.1 Å². The van der Waals surface area contributed by atoms with Crippen molar-refractivity contribution >= 4 is 21.4 Å². The lowest BCUT2D eigenvalue weighted by atomic mass is 9.99. The highest BCUT2D eigenvalue weighted by atomic mass is 32.2. The van der Waals surface area contributed by atoms with Gasteiger partial charge in [0.15, 0.2) is 0 Å². The molecule has 25 heavy (non-hydrogen) atoms. The van der Waals surface area contributed by atoms with Crippen molar-refractivity contribution in [2.24, 2.45) is 5.92 Å². The molecule has 0 radical (unpaired) electrons. The third-order valence-corrected chi connectivity index (χ3v) is 7.53. The van der Waals surface area contributed by atoms with Crippen LogP contribution in [0.5, 0.6) is 0 Å². The first kappa shape index (κ1) is 18.5. The molecule has 0 atom stereocenters. The van der Waals surface area contributed by atoms with Crippen LogP contribution in [-0.4, -0.2) is 57.7 Å². The van der Waals surface area contributed by atoms with Crippen molar-refractivity contribution in [2.75, 3.05) is 54.8 Å². The second kappa shape index (κ2) is 7.96. The normalized spacial score (nSPS) is 20.9. The van der Waals surface area contributed by atoms with Gasteiger partial charge in [0.1, 0.15) is 0 Å². The summed E-state index contributed by atoms with van der Waals surface area (Å²) in [5, 5.41) is 0. The van der Waals surface area contributed by atoms with Crippen molar-refractivity contribution in [3.63, 3.8) is 0 Å². The molecule has 0 bridgehead atoms. The van der Waals surface area contributed by atoms with Crippen LogP contribution in [0.25, 0.3) is 0 Å². The van der Waals surface area contributed by atoms with Crippen LogP contribution in [0.15, 0.2) is 24.3 Å². The average molecular weight is 366 g/mol. The van der Waals surface area contributed by atoms with E-state index in [0.29, 0.717) is 19.5 Å². The number of anilines is 2. The fourth-order valence-corrected chi connectivity index (χ4v) is 5.25. The van der Waals surface area contributed by atoms with E-state index in [9.17, 15) is 8.42 Å². The summed E-state index contributed by atoms with van der Waals surface area (Å²) in [6.07, 6.45) is 3.23. The van der Waals surface area contributed by atoms with E-state index in [1.165, 1.54) is 24.2 Å². The van der Waals surface area contributed by atoms with Crippen molar-refractivity contribution in [3.8, 4) is 0 Å². The van der Waals surface area contributed by atoms with Gasteiger partial charge in [0.05, 0.1) is 5.75 Å². The summed E-state index contributed by atoms with van der Waals surface area (Å²) >= 11 is 0. The fourth-order valence-electron chi connectivity index (χ4n) is 3.75. The SMILES string of the molecule is CCCS(=O)(=O)N1CCN(c2ccc(N3CCC(C)CC3)cc2)CC1. The van der Waals surface area contributed by atoms with Crippen LogP contribution in [0.2, 0.25) is 0 Å². The predicted molar refractivity (Wildman–Crippen MR) is 105 cm³/mol. The Bertz CT molecular complexity index is 644. The van der Waals surface area contributed by atoms with Crippen molar-refractivity contribution in [3.05, 3.63) is 24.3 Å². The highest BCUT2D eigenvalue weighted by Gasteiger charge is 2.26. The molecule has 3 rings (SSSR count). The number of nitrogens with zero attached hydrogens (tertiary/aromatic N) is 3. The largest absolute Gasteiger partial charge is 0.372 e. The Morgan fingerprint density at radius 1 is 0.880 bits per heavy atom. The molecular weight excluding hydrogens is 334 g/mol. The molecule has 5 nitrogen and oxygen atoms in total.